The van der Waals surface area contributed by atoms with Crippen molar-refractivity contribution in [2.24, 2.45) is 4.99 Å². The van der Waals surface area contributed by atoms with E-state index in [1.807, 2.05) is 17.0 Å². The van der Waals surface area contributed by atoms with E-state index in [-0.39, 0.29) is 36.1 Å². The predicted octanol–water partition coefficient (Wildman–Crippen LogP) is 2.38. The number of carbonyl (C=O) groups is 4. The molecule has 1 atom stereocenters. The Morgan fingerprint density at radius 3 is 2.53 bits per heavy atom. The quantitative estimate of drug-likeness (QED) is 0.416. The molecule has 0 bridgehead atoms. The minimum atomic E-state index is -0.739. The van der Waals surface area contributed by atoms with Crippen molar-refractivity contribution in [3.63, 3.8) is 0 Å². The highest BCUT2D eigenvalue weighted by Crippen LogP contribution is 2.26. The topological polar surface area (TPSA) is 123 Å². The van der Waals surface area contributed by atoms with E-state index in [0.29, 0.717) is 36.3 Å². The van der Waals surface area contributed by atoms with Crippen LogP contribution < -0.4 is 16.0 Å². The number of anilines is 2. The fraction of sp³-hybridized carbons (Fsp3) is 0.393. The Balaban J connectivity index is 1.37. The van der Waals surface area contributed by atoms with Crippen LogP contribution in [0.3, 0.4) is 0 Å². The van der Waals surface area contributed by atoms with E-state index >= 15 is 0 Å². The average molecular weight is 517 g/mol. The lowest BCUT2D eigenvalue weighted by molar-refractivity contribution is -0.140. The molecular weight excluding hydrogens is 484 g/mol. The van der Waals surface area contributed by atoms with Crippen LogP contribution in [0.1, 0.15) is 48.0 Å². The number of rotatable bonds is 5. The summed E-state index contributed by atoms with van der Waals surface area (Å²) >= 11 is 0. The number of benzene rings is 2. The Morgan fingerprint density at radius 2 is 1.74 bits per heavy atom. The minimum absolute atomic E-state index is 0.0311. The molecule has 198 valence electrons. The average Bonchev–Trinajstić information content (AvgIpc) is 3.55. The van der Waals surface area contributed by atoms with Gasteiger partial charge in [0.05, 0.1) is 13.0 Å². The summed E-state index contributed by atoms with van der Waals surface area (Å²) in [5, 5.41) is 8.77. The van der Waals surface area contributed by atoms with Gasteiger partial charge in [0, 0.05) is 36.6 Å². The number of aliphatic imine (C=N–C) groups is 1. The van der Waals surface area contributed by atoms with Crippen LogP contribution in [-0.2, 0) is 20.8 Å². The first-order valence-electron chi connectivity index (χ1n) is 13.2. The molecule has 3 aliphatic heterocycles. The Labute approximate surface area is 221 Å². The number of amides is 4. The number of fused-ring (bicyclic) bond motifs is 1. The number of nitrogens with zero attached hydrogens (tertiary/aromatic N) is 3. The van der Waals surface area contributed by atoms with Gasteiger partial charge in [0.25, 0.3) is 5.91 Å². The van der Waals surface area contributed by atoms with Crippen LogP contribution in [0.5, 0.6) is 0 Å². The van der Waals surface area contributed by atoms with Gasteiger partial charge in [-0.15, -0.1) is 0 Å². The van der Waals surface area contributed by atoms with Gasteiger partial charge in [-0.2, -0.15) is 0 Å². The monoisotopic (exact) mass is 516 g/mol. The molecule has 3 N–H and O–H groups in total. The van der Waals surface area contributed by atoms with Crippen molar-refractivity contribution in [2.75, 3.05) is 36.8 Å². The van der Waals surface area contributed by atoms with Gasteiger partial charge in [-0.3, -0.25) is 24.5 Å². The molecule has 10 nitrogen and oxygen atoms in total. The van der Waals surface area contributed by atoms with Crippen LogP contribution in [0.15, 0.2) is 53.5 Å². The van der Waals surface area contributed by atoms with Crippen LogP contribution in [0.2, 0.25) is 0 Å². The summed E-state index contributed by atoms with van der Waals surface area (Å²) in [4.78, 5) is 59.1. The predicted molar refractivity (Wildman–Crippen MR) is 144 cm³/mol. The van der Waals surface area contributed by atoms with Gasteiger partial charge >= 0.3 is 0 Å². The molecule has 0 saturated carbocycles. The molecule has 3 heterocycles. The molecule has 4 amide bonds. The summed E-state index contributed by atoms with van der Waals surface area (Å²) < 4.78 is 0. The minimum Gasteiger partial charge on any atom is -0.341 e. The second-order valence-electron chi connectivity index (χ2n) is 9.88. The molecule has 2 aromatic carbocycles. The zero-order valence-corrected chi connectivity index (χ0v) is 21.2. The van der Waals surface area contributed by atoms with E-state index in [0.717, 1.165) is 44.3 Å². The molecular formula is C28H32N6O4. The van der Waals surface area contributed by atoms with E-state index in [1.54, 1.807) is 41.3 Å². The highest BCUT2D eigenvalue weighted by Gasteiger charge is 2.30. The molecule has 1 unspecified atom stereocenters. The summed E-state index contributed by atoms with van der Waals surface area (Å²) in [6, 6.07) is 13.4. The maximum atomic E-state index is 13.5. The van der Waals surface area contributed by atoms with Gasteiger partial charge in [-0.1, -0.05) is 24.3 Å². The van der Waals surface area contributed by atoms with E-state index in [4.69, 9.17) is 0 Å². The second kappa shape index (κ2) is 11.5. The maximum Gasteiger partial charge on any atom is 0.257 e. The fourth-order valence-corrected chi connectivity index (χ4v) is 5.04. The van der Waals surface area contributed by atoms with Gasteiger partial charge in [-0.25, -0.2) is 4.99 Å². The van der Waals surface area contributed by atoms with Crippen molar-refractivity contribution in [2.45, 2.75) is 44.6 Å². The van der Waals surface area contributed by atoms with Gasteiger partial charge in [-0.05, 0) is 61.9 Å². The lowest BCUT2D eigenvalue weighted by atomic mass is 10.1. The van der Waals surface area contributed by atoms with Crippen LogP contribution in [0.4, 0.5) is 11.4 Å². The summed E-state index contributed by atoms with van der Waals surface area (Å²) in [6.07, 6.45) is 4.39. The molecule has 0 aromatic heterocycles. The molecule has 2 fully saturated rings. The van der Waals surface area contributed by atoms with Crippen molar-refractivity contribution >= 4 is 41.0 Å². The van der Waals surface area contributed by atoms with Crippen LogP contribution >= 0.6 is 0 Å². The molecule has 0 aliphatic carbocycles. The maximum absolute atomic E-state index is 13.5. The van der Waals surface area contributed by atoms with E-state index in [1.165, 1.54) is 0 Å². The highest BCUT2D eigenvalue weighted by atomic mass is 16.2. The third-order valence-corrected chi connectivity index (χ3v) is 7.09. The van der Waals surface area contributed by atoms with Crippen molar-refractivity contribution in [1.82, 2.24) is 15.1 Å². The molecule has 2 saturated heterocycles. The first-order valence-corrected chi connectivity index (χ1v) is 13.2. The first kappa shape index (κ1) is 25.4. The summed E-state index contributed by atoms with van der Waals surface area (Å²) in [6.45, 7) is 2.04. The Kier molecular flexibility index (Phi) is 7.67. The lowest BCUT2D eigenvalue weighted by Gasteiger charge is -2.25. The number of carbonyl (C=O) groups excluding carboxylic acids is 4. The molecule has 10 heteroatoms. The molecule has 5 rings (SSSR count). The number of guanidine groups is 1. The smallest absolute Gasteiger partial charge is 0.257 e. The van der Waals surface area contributed by atoms with Gasteiger partial charge in [0.15, 0.2) is 0 Å². The number of likely N-dealkylation sites (tertiary alicyclic amines) is 2. The summed E-state index contributed by atoms with van der Waals surface area (Å²) in [7, 11) is 0. The molecule has 38 heavy (non-hydrogen) atoms. The van der Waals surface area contributed by atoms with Gasteiger partial charge in [0.2, 0.25) is 23.7 Å². The summed E-state index contributed by atoms with van der Waals surface area (Å²) in [5.41, 5.74) is 2.66. The Morgan fingerprint density at radius 1 is 0.974 bits per heavy atom. The van der Waals surface area contributed by atoms with Gasteiger partial charge in [0.1, 0.15) is 6.04 Å². The molecule has 3 aliphatic rings. The highest BCUT2D eigenvalue weighted by molar-refractivity contribution is 6.11. The van der Waals surface area contributed by atoms with E-state index < -0.39 is 6.04 Å². The normalized spacial score (nSPS) is 19.6. The second-order valence-corrected chi connectivity index (χ2v) is 9.88. The van der Waals surface area contributed by atoms with E-state index in [2.05, 4.69) is 20.9 Å². The van der Waals surface area contributed by atoms with Crippen LogP contribution in [0, 0.1) is 0 Å². The standard InChI is InChI=1S/C28H32N6O4/c35-24-16-20-11-12-21(17-23(20)30-24)29-28(32-26(37)19-8-2-1-3-9-19)31-22-10-4-5-15-34(27(22)38)18-25(36)33-13-6-7-14-33/h1-3,8-9,11-12,17,22H,4-7,10,13-16,18H2,(H,30,35)(H2,29,31,32,37). The number of hydrogen-bond donors (Lipinski definition) is 3. The SMILES string of the molecule is O=C1Cc2ccc(NC(=NC3CCCCN(CC(=O)N4CCCC4)C3=O)NC(=O)c3ccccc3)cc2N1. The largest absolute Gasteiger partial charge is 0.341 e. The summed E-state index contributed by atoms with van der Waals surface area (Å²) in [5.74, 6) is -0.556. The van der Waals surface area contributed by atoms with E-state index in [9.17, 15) is 19.2 Å². The number of hydrogen-bond acceptors (Lipinski definition) is 5. The molecule has 0 radical (unpaired) electrons. The Hall–Kier alpha value is -4.21. The first-order chi connectivity index (χ1) is 18.5. The zero-order valence-electron chi connectivity index (χ0n) is 21.2. The third-order valence-electron chi connectivity index (χ3n) is 7.09. The van der Waals surface area contributed by atoms with Crippen molar-refractivity contribution < 1.29 is 19.2 Å². The zero-order chi connectivity index (χ0) is 26.5. The van der Waals surface area contributed by atoms with Gasteiger partial charge < -0.3 is 20.4 Å². The van der Waals surface area contributed by atoms with Crippen molar-refractivity contribution in [1.29, 1.82) is 0 Å². The molecule has 2 aromatic rings. The van der Waals surface area contributed by atoms with Crippen LogP contribution in [0.25, 0.3) is 0 Å². The lowest BCUT2D eigenvalue weighted by Crippen LogP contribution is -2.45. The van der Waals surface area contributed by atoms with Crippen molar-refractivity contribution in [3.8, 4) is 0 Å². The number of nitrogens with one attached hydrogen (secondary N) is 3. The van der Waals surface area contributed by atoms with Crippen LogP contribution in [-0.4, -0.2) is 71.6 Å². The third kappa shape index (κ3) is 6.01. The van der Waals surface area contributed by atoms with Crippen molar-refractivity contribution in [3.05, 3.63) is 59.7 Å². The molecule has 0 spiro atoms. The Bertz CT molecular complexity index is 1260. The fourth-order valence-electron chi connectivity index (χ4n) is 5.04.